The van der Waals surface area contributed by atoms with Crippen molar-refractivity contribution in [2.45, 2.75) is 19.9 Å². The standard InChI is InChI=1S/C24H22FN3O4S/c1-15(17-3-7-19(25)8-4-17)26-24(31)28(33)21-11-9-20(10-12-21)27-23(30)18-5-13-22(14-6-18)32-16(2)29/h3-15,33H,1-2H3,(H,26,31)(H,27,30). The van der Waals surface area contributed by atoms with Crippen molar-refractivity contribution in [3.63, 3.8) is 0 Å². The zero-order valence-electron chi connectivity index (χ0n) is 17.9. The third-order valence-electron chi connectivity index (χ3n) is 4.65. The molecule has 0 fully saturated rings. The van der Waals surface area contributed by atoms with Crippen LogP contribution in [0.3, 0.4) is 0 Å². The second kappa shape index (κ2) is 10.6. The molecule has 0 spiro atoms. The van der Waals surface area contributed by atoms with Gasteiger partial charge in [-0.2, -0.15) is 0 Å². The number of amides is 3. The molecule has 0 radical (unpaired) electrons. The smallest absolute Gasteiger partial charge is 0.332 e. The lowest BCUT2D eigenvalue weighted by molar-refractivity contribution is -0.131. The molecule has 0 saturated carbocycles. The fraction of sp³-hybridized carbons (Fsp3) is 0.125. The van der Waals surface area contributed by atoms with Crippen LogP contribution in [-0.4, -0.2) is 17.9 Å². The summed E-state index contributed by atoms with van der Waals surface area (Å²) in [7, 11) is 0. The van der Waals surface area contributed by atoms with Crippen molar-refractivity contribution in [2.75, 3.05) is 9.62 Å². The van der Waals surface area contributed by atoms with E-state index >= 15 is 0 Å². The van der Waals surface area contributed by atoms with Crippen molar-refractivity contribution in [1.29, 1.82) is 0 Å². The molecule has 0 aliphatic carbocycles. The monoisotopic (exact) mass is 467 g/mol. The van der Waals surface area contributed by atoms with Gasteiger partial charge in [0.05, 0.1) is 11.7 Å². The minimum absolute atomic E-state index is 0.342. The number of anilines is 2. The number of hydrogen-bond acceptors (Lipinski definition) is 5. The molecule has 0 saturated heterocycles. The fourth-order valence-electron chi connectivity index (χ4n) is 2.93. The van der Waals surface area contributed by atoms with Crippen LogP contribution in [-0.2, 0) is 4.79 Å². The van der Waals surface area contributed by atoms with Gasteiger partial charge in [0.25, 0.3) is 5.91 Å². The highest BCUT2D eigenvalue weighted by Crippen LogP contribution is 2.22. The highest BCUT2D eigenvalue weighted by molar-refractivity contribution is 7.82. The summed E-state index contributed by atoms with van der Waals surface area (Å²) in [5, 5.41) is 5.54. The predicted octanol–water partition coefficient (Wildman–Crippen LogP) is 5.13. The van der Waals surface area contributed by atoms with Gasteiger partial charge in [-0.25, -0.2) is 13.5 Å². The molecule has 33 heavy (non-hydrogen) atoms. The number of carbonyl (C=O) groups excluding carboxylic acids is 3. The lowest BCUT2D eigenvalue weighted by Crippen LogP contribution is -2.35. The summed E-state index contributed by atoms with van der Waals surface area (Å²) in [6.45, 7) is 3.08. The SMILES string of the molecule is CC(=O)Oc1ccc(C(=O)Nc2ccc(N(S)C(=O)NC(C)c3ccc(F)cc3)cc2)cc1. The van der Waals surface area contributed by atoms with E-state index in [1.807, 2.05) is 0 Å². The molecule has 7 nitrogen and oxygen atoms in total. The van der Waals surface area contributed by atoms with Gasteiger partial charge in [0.2, 0.25) is 0 Å². The molecule has 0 aliphatic rings. The molecule has 2 N–H and O–H groups in total. The number of esters is 1. The Bertz CT molecular complexity index is 1140. The zero-order chi connectivity index (χ0) is 24.0. The normalized spacial score (nSPS) is 11.3. The summed E-state index contributed by atoms with van der Waals surface area (Å²) in [6, 6.07) is 17.8. The van der Waals surface area contributed by atoms with Gasteiger partial charge in [-0.1, -0.05) is 24.9 Å². The molecule has 3 amide bonds. The number of hydrogen-bond donors (Lipinski definition) is 3. The highest BCUT2D eigenvalue weighted by atomic mass is 32.1. The Morgan fingerprint density at radius 1 is 0.939 bits per heavy atom. The first-order chi connectivity index (χ1) is 15.7. The van der Waals surface area contributed by atoms with E-state index in [4.69, 9.17) is 4.74 Å². The largest absolute Gasteiger partial charge is 0.427 e. The molecule has 1 unspecified atom stereocenters. The topological polar surface area (TPSA) is 87.7 Å². The molecule has 0 bridgehead atoms. The van der Waals surface area contributed by atoms with Crippen LogP contribution in [0.15, 0.2) is 72.8 Å². The minimum atomic E-state index is -0.459. The van der Waals surface area contributed by atoms with Crippen LogP contribution in [0.25, 0.3) is 0 Å². The van der Waals surface area contributed by atoms with Crippen LogP contribution >= 0.6 is 12.8 Å². The average Bonchev–Trinajstić information content (AvgIpc) is 2.79. The third-order valence-corrected chi connectivity index (χ3v) is 5.06. The molecule has 1 atom stereocenters. The van der Waals surface area contributed by atoms with E-state index < -0.39 is 12.0 Å². The van der Waals surface area contributed by atoms with Crippen molar-refractivity contribution >= 4 is 42.1 Å². The molecule has 3 aromatic rings. The Hall–Kier alpha value is -3.85. The van der Waals surface area contributed by atoms with Crippen molar-refractivity contribution in [3.05, 3.63) is 89.7 Å². The van der Waals surface area contributed by atoms with Crippen molar-refractivity contribution in [2.24, 2.45) is 0 Å². The van der Waals surface area contributed by atoms with Gasteiger partial charge in [-0.3, -0.25) is 9.59 Å². The van der Waals surface area contributed by atoms with Gasteiger partial charge in [0.15, 0.2) is 0 Å². The van der Waals surface area contributed by atoms with Crippen LogP contribution in [0.5, 0.6) is 5.75 Å². The Labute approximate surface area is 196 Å². The summed E-state index contributed by atoms with van der Waals surface area (Å²) < 4.78 is 19.2. The summed E-state index contributed by atoms with van der Waals surface area (Å²) in [5.41, 5.74) is 2.16. The quantitative estimate of drug-likeness (QED) is 0.267. The van der Waals surface area contributed by atoms with Crippen LogP contribution in [0.2, 0.25) is 0 Å². The number of ether oxygens (including phenoxy) is 1. The second-order valence-electron chi connectivity index (χ2n) is 7.15. The first-order valence-electron chi connectivity index (χ1n) is 9.98. The van der Waals surface area contributed by atoms with Gasteiger partial charge in [-0.15, -0.1) is 0 Å². The maximum absolute atomic E-state index is 13.1. The molecule has 0 aliphatic heterocycles. The Kier molecular flexibility index (Phi) is 7.68. The van der Waals surface area contributed by atoms with E-state index in [9.17, 15) is 18.8 Å². The highest BCUT2D eigenvalue weighted by Gasteiger charge is 2.16. The maximum atomic E-state index is 13.1. The van der Waals surface area contributed by atoms with E-state index in [1.165, 1.54) is 31.2 Å². The number of carbonyl (C=O) groups is 3. The van der Waals surface area contributed by atoms with Crippen molar-refractivity contribution < 1.29 is 23.5 Å². The summed E-state index contributed by atoms with van der Waals surface area (Å²) in [6.07, 6.45) is 0. The molecule has 3 aromatic carbocycles. The number of rotatable bonds is 6. The fourth-order valence-corrected chi connectivity index (χ4v) is 3.12. The number of urea groups is 1. The van der Waals surface area contributed by atoms with Gasteiger partial charge in [-0.05, 0) is 73.2 Å². The molecule has 170 valence electrons. The number of nitrogens with zero attached hydrogens (tertiary/aromatic N) is 1. The van der Waals surface area contributed by atoms with Crippen molar-refractivity contribution in [1.82, 2.24) is 5.32 Å². The Balaban J connectivity index is 1.58. The zero-order valence-corrected chi connectivity index (χ0v) is 18.8. The first-order valence-corrected chi connectivity index (χ1v) is 10.4. The predicted molar refractivity (Wildman–Crippen MR) is 127 cm³/mol. The number of thiol groups is 1. The van der Waals surface area contributed by atoms with E-state index in [0.717, 1.165) is 9.87 Å². The lowest BCUT2D eigenvalue weighted by Gasteiger charge is -2.21. The third kappa shape index (κ3) is 6.56. The van der Waals surface area contributed by atoms with E-state index in [0.29, 0.717) is 22.7 Å². The summed E-state index contributed by atoms with van der Waals surface area (Å²) >= 11 is 4.25. The minimum Gasteiger partial charge on any atom is -0.427 e. The summed E-state index contributed by atoms with van der Waals surface area (Å²) in [4.78, 5) is 35.9. The van der Waals surface area contributed by atoms with Crippen LogP contribution in [0.4, 0.5) is 20.6 Å². The number of benzene rings is 3. The van der Waals surface area contributed by atoms with Gasteiger partial charge in [0, 0.05) is 18.2 Å². The maximum Gasteiger partial charge on any atom is 0.332 e. The molecule has 0 heterocycles. The van der Waals surface area contributed by atoms with E-state index in [1.54, 1.807) is 55.5 Å². The van der Waals surface area contributed by atoms with Gasteiger partial charge < -0.3 is 15.4 Å². The van der Waals surface area contributed by atoms with Crippen LogP contribution in [0, 0.1) is 5.82 Å². The Morgan fingerprint density at radius 2 is 1.55 bits per heavy atom. The van der Waals surface area contributed by atoms with E-state index in [-0.39, 0.29) is 17.8 Å². The summed E-state index contributed by atoms with van der Waals surface area (Å²) in [5.74, 6) is -0.779. The van der Waals surface area contributed by atoms with Crippen LogP contribution < -0.4 is 19.7 Å². The second-order valence-corrected chi connectivity index (χ2v) is 7.55. The molecular weight excluding hydrogens is 445 g/mol. The average molecular weight is 468 g/mol. The Morgan fingerprint density at radius 3 is 2.12 bits per heavy atom. The first kappa shape index (κ1) is 23.8. The van der Waals surface area contributed by atoms with Crippen molar-refractivity contribution in [3.8, 4) is 5.75 Å². The van der Waals surface area contributed by atoms with Crippen LogP contribution in [0.1, 0.15) is 35.8 Å². The van der Waals surface area contributed by atoms with Gasteiger partial charge in [0.1, 0.15) is 11.6 Å². The number of halogens is 1. The van der Waals surface area contributed by atoms with E-state index in [2.05, 4.69) is 23.4 Å². The molecule has 0 aromatic heterocycles. The number of nitrogens with one attached hydrogen (secondary N) is 2. The molecule has 3 rings (SSSR count). The van der Waals surface area contributed by atoms with Gasteiger partial charge >= 0.3 is 12.0 Å². The molecular formula is C24H22FN3O4S. The lowest BCUT2D eigenvalue weighted by atomic mass is 10.1. The molecule has 9 heteroatoms.